The van der Waals surface area contributed by atoms with E-state index >= 15 is 0 Å². The van der Waals surface area contributed by atoms with Gasteiger partial charge in [-0.05, 0) is 12.5 Å². The highest BCUT2D eigenvalue weighted by Gasteiger charge is 2.33. The van der Waals surface area contributed by atoms with Crippen LogP contribution in [0.1, 0.15) is 29.6 Å². The van der Waals surface area contributed by atoms with Crippen molar-refractivity contribution in [3.8, 4) is 0 Å². The predicted octanol–water partition coefficient (Wildman–Crippen LogP) is 3.54. The number of hydrogen-bond donors (Lipinski definition) is 3. The van der Waals surface area contributed by atoms with Gasteiger partial charge in [0, 0.05) is 31.4 Å². The van der Waals surface area contributed by atoms with Crippen molar-refractivity contribution in [3.63, 3.8) is 0 Å². The predicted molar refractivity (Wildman–Crippen MR) is 118 cm³/mol. The lowest BCUT2D eigenvalue weighted by atomic mass is 10.2. The van der Waals surface area contributed by atoms with Crippen LogP contribution in [0.4, 0.5) is 13.2 Å². The zero-order chi connectivity index (χ0) is 20.4. The second-order valence-electron chi connectivity index (χ2n) is 5.76. The van der Waals surface area contributed by atoms with Crippen LogP contribution >= 0.6 is 35.3 Å². The molecule has 1 heterocycles. The number of amides is 1. The summed E-state index contributed by atoms with van der Waals surface area (Å²) in [7, 11) is 0. The highest BCUT2D eigenvalue weighted by atomic mass is 127. The molecule has 2 rings (SSSR count). The molecule has 0 saturated heterocycles. The molecule has 1 aromatic heterocycles. The number of alkyl halides is 3. The Morgan fingerprint density at radius 3 is 2.52 bits per heavy atom. The van der Waals surface area contributed by atoms with Gasteiger partial charge < -0.3 is 16.0 Å². The van der Waals surface area contributed by atoms with Crippen molar-refractivity contribution in [1.82, 2.24) is 20.9 Å². The van der Waals surface area contributed by atoms with Crippen LogP contribution in [0.5, 0.6) is 0 Å². The molecule has 0 atom stereocenters. The minimum absolute atomic E-state index is 0. The number of carbonyl (C=O) groups excluding carboxylic acids is 1. The third-order valence-corrected chi connectivity index (χ3v) is 4.37. The molecule has 0 aliphatic heterocycles. The van der Waals surface area contributed by atoms with E-state index in [2.05, 4.69) is 25.9 Å². The first-order chi connectivity index (χ1) is 13.4. The minimum Gasteiger partial charge on any atom is -0.357 e. The molecule has 160 valence electrons. The maximum atomic E-state index is 12.6. The first-order valence-electron chi connectivity index (χ1n) is 8.73. The molecule has 1 aromatic carbocycles. The van der Waals surface area contributed by atoms with E-state index in [9.17, 15) is 18.0 Å². The van der Waals surface area contributed by atoms with Gasteiger partial charge in [-0.15, -0.1) is 35.3 Å². The topological polar surface area (TPSA) is 78.4 Å². The van der Waals surface area contributed by atoms with Crippen molar-refractivity contribution >= 4 is 47.2 Å². The summed E-state index contributed by atoms with van der Waals surface area (Å²) in [6.45, 7) is 3.28. The molecule has 0 spiro atoms. The maximum absolute atomic E-state index is 12.6. The summed E-state index contributed by atoms with van der Waals surface area (Å²) in [6, 6.07) is 9.58. The van der Waals surface area contributed by atoms with Crippen LogP contribution in [0.3, 0.4) is 0 Å². The highest BCUT2D eigenvalue weighted by Crippen LogP contribution is 2.30. The lowest BCUT2D eigenvalue weighted by Gasteiger charge is -2.11. The first-order valence-corrected chi connectivity index (χ1v) is 9.61. The SMILES string of the molecule is CCNC(=NCc1nc(C(F)(F)F)cs1)NCCC(=O)NCc1ccccc1.I. The molecule has 6 nitrogen and oxygen atoms in total. The number of guanidine groups is 1. The van der Waals surface area contributed by atoms with Crippen molar-refractivity contribution in [2.45, 2.75) is 32.6 Å². The molecule has 29 heavy (non-hydrogen) atoms. The van der Waals surface area contributed by atoms with Crippen LogP contribution < -0.4 is 16.0 Å². The smallest absolute Gasteiger partial charge is 0.357 e. The van der Waals surface area contributed by atoms with Crippen LogP contribution in [-0.4, -0.2) is 29.9 Å². The van der Waals surface area contributed by atoms with Gasteiger partial charge in [0.25, 0.3) is 0 Å². The lowest BCUT2D eigenvalue weighted by molar-refractivity contribution is -0.140. The fraction of sp³-hybridized carbons (Fsp3) is 0.389. The Morgan fingerprint density at radius 2 is 1.90 bits per heavy atom. The first kappa shape index (κ1) is 25.1. The van der Waals surface area contributed by atoms with Gasteiger partial charge in [0.2, 0.25) is 5.91 Å². The Labute approximate surface area is 188 Å². The van der Waals surface area contributed by atoms with Crippen LogP contribution in [-0.2, 0) is 24.1 Å². The summed E-state index contributed by atoms with van der Waals surface area (Å²) in [5.74, 6) is 0.309. The summed E-state index contributed by atoms with van der Waals surface area (Å²) in [6.07, 6.45) is -4.21. The highest BCUT2D eigenvalue weighted by molar-refractivity contribution is 14.0. The van der Waals surface area contributed by atoms with Crippen LogP contribution in [0, 0.1) is 0 Å². The number of carbonyl (C=O) groups is 1. The van der Waals surface area contributed by atoms with Crippen molar-refractivity contribution in [2.75, 3.05) is 13.1 Å². The fourth-order valence-corrected chi connectivity index (χ4v) is 2.91. The van der Waals surface area contributed by atoms with E-state index in [1.54, 1.807) is 0 Å². The number of rotatable bonds is 8. The minimum atomic E-state index is -4.45. The van der Waals surface area contributed by atoms with Crippen LogP contribution in [0.2, 0.25) is 0 Å². The number of halogens is 4. The molecule has 0 bridgehead atoms. The Bertz CT molecular complexity index is 783. The van der Waals surface area contributed by atoms with Crippen LogP contribution in [0.25, 0.3) is 0 Å². The van der Waals surface area contributed by atoms with Crippen molar-refractivity contribution in [1.29, 1.82) is 0 Å². The van der Waals surface area contributed by atoms with E-state index in [4.69, 9.17) is 0 Å². The molecule has 0 radical (unpaired) electrons. The molecule has 3 N–H and O–H groups in total. The summed E-state index contributed by atoms with van der Waals surface area (Å²) in [5.41, 5.74) is 0.108. The van der Waals surface area contributed by atoms with Gasteiger partial charge >= 0.3 is 6.18 Å². The van der Waals surface area contributed by atoms with Gasteiger partial charge in [-0.2, -0.15) is 13.2 Å². The monoisotopic (exact) mass is 541 g/mol. The quantitative estimate of drug-likeness (QED) is 0.272. The van der Waals surface area contributed by atoms with E-state index in [1.165, 1.54) is 0 Å². The molecule has 0 aliphatic rings. The Kier molecular flexibility index (Phi) is 10.9. The number of hydrogen-bond acceptors (Lipinski definition) is 4. The molecule has 11 heteroatoms. The Hall–Kier alpha value is -1.89. The van der Waals surface area contributed by atoms with Gasteiger partial charge in [-0.25, -0.2) is 9.98 Å². The third-order valence-electron chi connectivity index (χ3n) is 3.54. The molecular formula is C18H23F3IN5OS. The largest absolute Gasteiger partial charge is 0.434 e. The number of thiazole rings is 1. The van der Waals surface area contributed by atoms with Gasteiger partial charge in [-0.1, -0.05) is 30.3 Å². The normalized spacial score (nSPS) is 11.5. The molecule has 0 aliphatic carbocycles. The summed E-state index contributed by atoms with van der Waals surface area (Å²) in [4.78, 5) is 19.7. The maximum Gasteiger partial charge on any atom is 0.434 e. The summed E-state index contributed by atoms with van der Waals surface area (Å²) in [5, 5.41) is 10.0. The molecular weight excluding hydrogens is 518 g/mol. The average molecular weight is 541 g/mol. The second kappa shape index (κ2) is 12.6. The van der Waals surface area contributed by atoms with E-state index in [-0.39, 0.29) is 47.9 Å². The Morgan fingerprint density at radius 1 is 1.17 bits per heavy atom. The number of aliphatic imine (C=N–C) groups is 1. The Balaban J connectivity index is 0.00000420. The van der Waals surface area contributed by atoms with E-state index < -0.39 is 11.9 Å². The molecule has 0 fully saturated rings. The van der Waals surface area contributed by atoms with Crippen LogP contribution in [0.15, 0.2) is 40.7 Å². The number of nitrogens with one attached hydrogen (secondary N) is 3. The van der Waals surface area contributed by atoms with Gasteiger partial charge in [-0.3, -0.25) is 4.79 Å². The molecule has 0 saturated carbocycles. The number of benzene rings is 1. The molecule has 2 aromatic rings. The molecule has 1 amide bonds. The average Bonchev–Trinajstić information content (AvgIpc) is 3.15. The summed E-state index contributed by atoms with van der Waals surface area (Å²) < 4.78 is 37.7. The van der Waals surface area contributed by atoms with E-state index in [1.807, 2.05) is 37.3 Å². The van der Waals surface area contributed by atoms with Gasteiger partial charge in [0.1, 0.15) is 5.01 Å². The number of aromatic nitrogens is 1. The van der Waals surface area contributed by atoms with Crippen molar-refractivity contribution in [3.05, 3.63) is 52.0 Å². The lowest BCUT2D eigenvalue weighted by Crippen LogP contribution is -2.39. The van der Waals surface area contributed by atoms with Crippen molar-refractivity contribution < 1.29 is 18.0 Å². The number of nitrogens with zero attached hydrogens (tertiary/aromatic N) is 2. The van der Waals surface area contributed by atoms with E-state index in [0.29, 0.717) is 25.6 Å². The van der Waals surface area contributed by atoms with Crippen molar-refractivity contribution in [2.24, 2.45) is 4.99 Å². The van der Waals surface area contributed by atoms with Gasteiger partial charge in [0.05, 0.1) is 6.54 Å². The standard InChI is InChI=1S/C18H22F3N5OS.HI/c1-2-22-17(25-11-16-26-14(12-28-16)18(19,20)21)23-9-8-15(27)24-10-13-6-4-3-5-7-13;/h3-7,12H,2,8-11H2,1H3,(H,24,27)(H2,22,23,25);1H. The zero-order valence-electron chi connectivity index (χ0n) is 15.8. The second-order valence-corrected chi connectivity index (χ2v) is 6.70. The summed E-state index contributed by atoms with van der Waals surface area (Å²) >= 11 is 0.912. The fourth-order valence-electron chi connectivity index (χ4n) is 2.18. The van der Waals surface area contributed by atoms with E-state index in [0.717, 1.165) is 22.3 Å². The van der Waals surface area contributed by atoms with Gasteiger partial charge in [0.15, 0.2) is 11.7 Å². The molecule has 0 unspecified atom stereocenters. The zero-order valence-corrected chi connectivity index (χ0v) is 18.9. The third kappa shape index (κ3) is 9.43.